The van der Waals surface area contributed by atoms with Crippen LogP contribution < -0.4 is 24.8 Å². The molecule has 1 amide bonds. The van der Waals surface area contributed by atoms with Crippen molar-refractivity contribution in [3.63, 3.8) is 0 Å². The van der Waals surface area contributed by atoms with Crippen LogP contribution in [0.2, 0.25) is 0 Å². The highest BCUT2D eigenvalue weighted by Gasteiger charge is 2.14. The maximum absolute atomic E-state index is 12.4. The van der Waals surface area contributed by atoms with Gasteiger partial charge >= 0.3 is 0 Å². The number of aromatic nitrogens is 1. The fourth-order valence-corrected chi connectivity index (χ4v) is 3.70. The van der Waals surface area contributed by atoms with E-state index >= 15 is 0 Å². The smallest absolute Gasteiger partial charge is 0.257 e. The summed E-state index contributed by atoms with van der Waals surface area (Å²) in [7, 11) is 3.16. The molecule has 29 heavy (non-hydrogen) atoms. The zero-order valence-corrected chi connectivity index (χ0v) is 17.9. The molecule has 0 unspecified atom stereocenters. The first kappa shape index (κ1) is 20.8. The molecule has 0 aliphatic rings. The number of methoxy groups -OCH3 is 2. The number of benzene rings is 2. The van der Waals surface area contributed by atoms with Crippen LogP contribution >= 0.6 is 23.6 Å². The Morgan fingerprint density at radius 3 is 2.55 bits per heavy atom. The first-order valence-corrected chi connectivity index (χ1v) is 10.1. The van der Waals surface area contributed by atoms with E-state index in [4.69, 9.17) is 26.4 Å². The van der Waals surface area contributed by atoms with E-state index in [0.29, 0.717) is 34.3 Å². The quantitative estimate of drug-likeness (QED) is 0.542. The lowest BCUT2D eigenvalue weighted by atomic mass is 10.2. The summed E-state index contributed by atoms with van der Waals surface area (Å²) in [4.78, 5) is 16.9. The van der Waals surface area contributed by atoms with Gasteiger partial charge < -0.3 is 19.5 Å². The lowest BCUT2D eigenvalue weighted by Crippen LogP contribution is -2.34. The van der Waals surface area contributed by atoms with Crippen molar-refractivity contribution >= 4 is 49.9 Å². The summed E-state index contributed by atoms with van der Waals surface area (Å²) in [6.45, 7) is 2.67. The number of carbonyl (C=O) groups excluding carboxylic acids is 1. The third-order valence-corrected chi connectivity index (χ3v) is 5.05. The number of amides is 1. The normalized spacial score (nSPS) is 10.4. The molecule has 152 valence electrons. The van der Waals surface area contributed by atoms with E-state index in [1.165, 1.54) is 11.3 Å². The Bertz CT molecular complexity index is 1020. The van der Waals surface area contributed by atoms with Crippen molar-refractivity contribution in [3.05, 3.63) is 42.0 Å². The molecular formula is C20H21N3O4S2. The summed E-state index contributed by atoms with van der Waals surface area (Å²) in [5, 5.41) is 6.30. The van der Waals surface area contributed by atoms with Crippen LogP contribution in [0.5, 0.6) is 17.2 Å². The van der Waals surface area contributed by atoms with Gasteiger partial charge in [-0.1, -0.05) is 18.3 Å². The number of carbonyl (C=O) groups is 1. The number of thiocarbonyl (C=S) groups is 1. The molecule has 2 N–H and O–H groups in total. The number of fused-ring (bicyclic) bond motifs is 1. The third kappa shape index (κ3) is 5.12. The van der Waals surface area contributed by atoms with E-state index in [1.807, 2.05) is 13.0 Å². The van der Waals surface area contributed by atoms with Gasteiger partial charge in [0.2, 0.25) is 0 Å². The first-order valence-electron chi connectivity index (χ1n) is 8.91. The summed E-state index contributed by atoms with van der Waals surface area (Å²) in [5.74, 6) is 1.68. The van der Waals surface area contributed by atoms with Crippen molar-refractivity contribution in [1.82, 2.24) is 10.3 Å². The van der Waals surface area contributed by atoms with Gasteiger partial charge in [-0.3, -0.25) is 10.1 Å². The molecule has 0 aliphatic carbocycles. The second-order valence-electron chi connectivity index (χ2n) is 5.98. The van der Waals surface area contributed by atoms with E-state index in [1.54, 1.807) is 44.6 Å². The van der Waals surface area contributed by atoms with Crippen LogP contribution in [0.3, 0.4) is 0 Å². The van der Waals surface area contributed by atoms with E-state index in [9.17, 15) is 4.79 Å². The van der Waals surface area contributed by atoms with Crippen LogP contribution in [-0.2, 0) is 0 Å². The van der Waals surface area contributed by atoms with Crippen LogP contribution in [0, 0.1) is 0 Å². The summed E-state index contributed by atoms with van der Waals surface area (Å²) < 4.78 is 17.0. The molecule has 2 aromatic carbocycles. The number of hydrogen-bond acceptors (Lipinski definition) is 7. The summed E-state index contributed by atoms with van der Waals surface area (Å²) in [6, 6.07) is 10.5. The number of rotatable bonds is 7. The Kier molecular flexibility index (Phi) is 6.84. The summed E-state index contributed by atoms with van der Waals surface area (Å²) in [6.07, 6.45) is 0.923. The van der Waals surface area contributed by atoms with Crippen molar-refractivity contribution < 1.29 is 19.0 Å². The number of nitrogens with zero attached hydrogens (tertiary/aromatic N) is 1. The van der Waals surface area contributed by atoms with Gasteiger partial charge in [-0.05, 0) is 49.0 Å². The number of ether oxygens (including phenoxy) is 3. The van der Waals surface area contributed by atoms with Crippen LogP contribution in [-0.4, -0.2) is 36.8 Å². The Hall–Kier alpha value is -2.91. The molecule has 1 aromatic heterocycles. The fraction of sp³-hybridized carbons (Fsp3) is 0.250. The van der Waals surface area contributed by atoms with Gasteiger partial charge in [-0.2, -0.15) is 0 Å². The van der Waals surface area contributed by atoms with Crippen LogP contribution in [0.4, 0.5) is 5.13 Å². The lowest BCUT2D eigenvalue weighted by molar-refractivity contribution is 0.0977. The molecule has 0 spiro atoms. The molecule has 7 nitrogen and oxygen atoms in total. The topological polar surface area (TPSA) is 81.7 Å². The highest BCUT2D eigenvalue weighted by atomic mass is 32.1. The Morgan fingerprint density at radius 2 is 1.90 bits per heavy atom. The lowest BCUT2D eigenvalue weighted by Gasteiger charge is -2.08. The maximum atomic E-state index is 12.4. The molecule has 0 saturated heterocycles. The Balaban J connectivity index is 1.66. The molecular weight excluding hydrogens is 410 g/mol. The second kappa shape index (κ2) is 9.53. The predicted molar refractivity (Wildman–Crippen MR) is 119 cm³/mol. The zero-order chi connectivity index (χ0) is 20.8. The predicted octanol–water partition coefficient (Wildman–Crippen LogP) is 4.23. The van der Waals surface area contributed by atoms with E-state index < -0.39 is 0 Å². The van der Waals surface area contributed by atoms with Gasteiger partial charge in [0.05, 0.1) is 25.5 Å². The number of anilines is 1. The molecule has 3 aromatic rings. The van der Waals surface area contributed by atoms with Gasteiger partial charge in [-0.15, -0.1) is 0 Å². The third-order valence-electron chi connectivity index (χ3n) is 3.93. The van der Waals surface area contributed by atoms with Gasteiger partial charge in [0.1, 0.15) is 22.8 Å². The summed E-state index contributed by atoms with van der Waals surface area (Å²) in [5.41, 5.74) is 1.17. The van der Waals surface area contributed by atoms with E-state index in [-0.39, 0.29) is 11.0 Å². The number of hydrogen-bond donors (Lipinski definition) is 2. The van der Waals surface area contributed by atoms with Crippen LogP contribution in [0.1, 0.15) is 23.7 Å². The van der Waals surface area contributed by atoms with Crippen molar-refractivity contribution in [2.24, 2.45) is 0 Å². The second-order valence-corrected chi connectivity index (χ2v) is 7.42. The first-order chi connectivity index (χ1) is 14.0. The van der Waals surface area contributed by atoms with Crippen molar-refractivity contribution in [2.45, 2.75) is 13.3 Å². The molecule has 1 heterocycles. The Morgan fingerprint density at radius 1 is 1.14 bits per heavy atom. The Labute approximate surface area is 178 Å². The van der Waals surface area contributed by atoms with Gasteiger partial charge in [0, 0.05) is 11.6 Å². The minimum absolute atomic E-state index is 0.159. The largest absolute Gasteiger partial charge is 0.497 e. The summed E-state index contributed by atoms with van der Waals surface area (Å²) >= 11 is 6.63. The fourth-order valence-electron chi connectivity index (χ4n) is 2.53. The van der Waals surface area contributed by atoms with Crippen molar-refractivity contribution in [3.8, 4) is 17.2 Å². The van der Waals surface area contributed by atoms with Crippen LogP contribution in [0.15, 0.2) is 36.4 Å². The van der Waals surface area contributed by atoms with Gasteiger partial charge in [-0.25, -0.2) is 4.98 Å². The van der Waals surface area contributed by atoms with Gasteiger partial charge in [0.25, 0.3) is 5.91 Å². The van der Waals surface area contributed by atoms with Crippen molar-refractivity contribution in [1.29, 1.82) is 0 Å². The maximum Gasteiger partial charge on any atom is 0.257 e. The number of thiazole rings is 1. The molecule has 0 saturated carbocycles. The SMILES string of the molecule is CCCOc1ccc(C(=O)NC(=S)Nc2nc3c(OC)cc(OC)cc3s2)cc1. The highest BCUT2D eigenvalue weighted by molar-refractivity contribution is 7.80. The molecule has 0 aliphatic heterocycles. The van der Waals surface area contributed by atoms with Crippen LogP contribution in [0.25, 0.3) is 10.2 Å². The van der Waals surface area contributed by atoms with Crippen molar-refractivity contribution in [2.75, 3.05) is 26.1 Å². The average Bonchev–Trinajstić information content (AvgIpc) is 3.13. The molecule has 0 fully saturated rings. The minimum atomic E-state index is -0.315. The molecule has 3 rings (SSSR count). The molecule has 9 heteroatoms. The molecule has 0 bridgehead atoms. The standard InChI is InChI=1S/C20H21N3O4S2/c1-4-9-27-13-7-5-12(6-8-13)18(24)22-19(28)23-20-21-17-15(26-3)10-14(25-2)11-16(17)29-20/h5-8,10-11H,4,9H2,1-3H3,(H2,21,22,23,24,28). The van der Waals surface area contributed by atoms with E-state index in [2.05, 4.69) is 15.6 Å². The zero-order valence-electron chi connectivity index (χ0n) is 16.3. The average molecular weight is 432 g/mol. The minimum Gasteiger partial charge on any atom is -0.497 e. The number of nitrogens with one attached hydrogen (secondary N) is 2. The monoisotopic (exact) mass is 431 g/mol. The van der Waals surface area contributed by atoms with Gasteiger partial charge in [0.15, 0.2) is 10.2 Å². The molecule has 0 radical (unpaired) electrons. The van der Waals surface area contributed by atoms with E-state index in [0.717, 1.165) is 16.9 Å². The molecule has 0 atom stereocenters. The highest BCUT2D eigenvalue weighted by Crippen LogP contribution is 2.36.